The van der Waals surface area contributed by atoms with Crippen LogP contribution in [0.5, 0.6) is 0 Å². The number of nitro groups is 1. The van der Waals surface area contributed by atoms with Crippen molar-refractivity contribution in [1.82, 2.24) is 5.01 Å². The van der Waals surface area contributed by atoms with Crippen molar-refractivity contribution in [2.45, 2.75) is 6.92 Å². The van der Waals surface area contributed by atoms with Crippen LogP contribution in [0.2, 0.25) is 0 Å². The van der Waals surface area contributed by atoms with Crippen LogP contribution >= 0.6 is 0 Å². The Morgan fingerprint density at radius 3 is 2.00 bits per heavy atom. The molecular formula is C16H11N3O4. The maximum Gasteiger partial charge on any atom is 0.282 e. The number of imide groups is 1. The molecule has 0 bridgehead atoms. The van der Waals surface area contributed by atoms with Crippen LogP contribution in [-0.2, 0) is 0 Å². The van der Waals surface area contributed by atoms with Crippen molar-refractivity contribution >= 4 is 23.2 Å². The Hall–Kier alpha value is -3.35. The summed E-state index contributed by atoms with van der Waals surface area (Å²) in [4.78, 5) is 34.6. The van der Waals surface area contributed by atoms with Gasteiger partial charge in [0.05, 0.1) is 21.8 Å². The molecule has 23 heavy (non-hydrogen) atoms. The minimum atomic E-state index is -0.500. The van der Waals surface area contributed by atoms with Gasteiger partial charge < -0.3 is 0 Å². The molecule has 1 aliphatic heterocycles. The molecule has 2 aromatic carbocycles. The average molecular weight is 309 g/mol. The SMILES string of the molecule is C/C(=N\N1C(=O)c2ccccc2C1=O)c1ccc([N+](=O)[O-])cc1. The summed E-state index contributed by atoms with van der Waals surface area (Å²) in [5.74, 6) is -0.960. The molecule has 0 saturated heterocycles. The number of amides is 2. The Bertz CT molecular complexity index is 821. The van der Waals surface area contributed by atoms with Crippen molar-refractivity contribution in [1.29, 1.82) is 0 Å². The maximum absolute atomic E-state index is 12.2. The molecule has 3 rings (SSSR count). The lowest BCUT2D eigenvalue weighted by molar-refractivity contribution is -0.384. The third-order valence-electron chi connectivity index (χ3n) is 3.52. The Morgan fingerprint density at radius 2 is 1.52 bits per heavy atom. The van der Waals surface area contributed by atoms with Crippen LogP contribution in [0.25, 0.3) is 0 Å². The number of benzene rings is 2. The first-order valence-corrected chi connectivity index (χ1v) is 6.77. The smallest absolute Gasteiger partial charge is 0.267 e. The Labute approximate surface area is 131 Å². The van der Waals surface area contributed by atoms with Crippen molar-refractivity contribution in [3.05, 3.63) is 75.3 Å². The summed E-state index contributed by atoms with van der Waals surface area (Å²) >= 11 is 0. The molecule has 0 fully saturated rings. The maximum atomic E-state index is 12.2. The molecule has 0 aromatic heterocycles. The van der Waals surface area contributed by atoms with Crippen molar-refractivity contribution in [2.75, 3.05) is 0 Å². The van der Waals surface area contributed by atoms with E-state index in [1.165, 1.54) is 24.3 Å². The number of hydrazone groups is 1. The lowest BCUT2D eigenvalue weighted by Crippen LogP contribution is -2.25. The van der Waals surface area contributed by atoms with Gasteiger partial charge in [0.1, 0.15) is 0 Å². The number of nitrogens with zero attached hydrogens (tertiary/aromatic N) is 3. The second-order valence-electron chi connectivity index (χ2n) is 4.96. The number of non-ortho nitro benzene ring substituents is 1. The molecule has 114 valence electrons. The van der Waals surface area contributed by atoms with E-state index in [0.717, 1.165) is 5.01 Å². The van der Waals surface area contributed by atoms with E-state index in [0.29, 0.717) is 22.4 Å². The third-order valence-corrected chi connectivity index (χ3v) is 3.52. The standard InChI is InChI=1S/C16H11N3O4/c1-10(11-6-8-12(9-7-11)19(22)23)17-18-15(20)13-4-2-3-5-14(13)16(18)21/h2-9H,1H3/b17-10+. The van der Waals surface area contributed by atoms with Gasteiger partial charge in [-0.2, -0.15) is 10.1 Å². The molecule has 0 saturated carbocycles. The van der Waals surface area contributed by atoms with Crippen LogP contribution in [-0.4, -0.2) is 27.5 Å². The van der Waals surface area contributed by atoms with E-state index < -0.39 is 16.7 Å². The summed E-state index contributed by atoms with van der Waals surface area (Å²) in [6.45, 7) is 1.63. The predicted octanol–water partition coefficient (Wildman–Crippen LogP) is 2.62. The molecular weight excluding hydrogens is 298 g/mol. The fraction of sp³-hybridized carbons (Fsp3) is 0.0625. The highest BCUT2D eigenvalue weighted by Gasteiger charge is 2.35. The van der Waals surface area contributed by atoms with E-state index in [4.69, 9.17) is 0 Å². The van der Waals surface area contributed by atoms with Gasteiger partial charge in [-0.15, -0.1) is 0 Å². The van der Waals surface area contributed by atoms with Crippen molar-refractivity contribution in [3.8, 4) is 0 Å². The molecule has 0 spiro atoms. The van der Waals surface area contributed by atoms with Gasteiger partial charge in [-0.25, -0.2) is 0 Å². The predicted molar refractivity (Wildman–Crippen MR) is 82.2 cm³/mol. The number of rotatable bonds is 3. The number of hydrogen-bond donors (Lipinski definition) is 0. The van der Waals surface area contributed by atoms with Gasteiger partial charge in [0.2, 0.25) is 0 Å². The third kappa shape index (κ3) is 2.48. The molecule has 0 aliphatic carbocycles. The fourth-order valence-corrected chi connectivity index (χ4v) is 2.30. The number of fused-ring (bicyclic) bond motifs is 1. The molecule has 0 N–H and O–H groups in total. The highest BCUT2D eigenvalue weighted by Crippen LogP contribution is 2.23. The minimum Gasteiger partial charge on any atom is -0.267 e. The van der Waals surface area contributed by atoms with E-state index >= 15 is 0 Å². The van der Waals surface area contributed by atoms with Crippen LogP contribution in [0.3, 0.4) is 0 Å². The monoisotopic (exact) mass is 309 g/mol. The van der Waals surface area contributed by atoms with E-state index in [1.807, 2.05) is 0 Å². The molecule has 7 nitrogen and oxygen atoms in total. The largest absolute Gasteiger partial charge is 0.282 e. The molecule has 1 heterocycles. The summed E-state index contributed by atoms with van der Waals surface area (Å²) in [6.07, 6.45) is 0. The highest BCUT2D eigenvalue weighted by atomic mass is 16.6. The number of carbonyl (C=O) groups excluding carboxylic acids is 2. The lowest BCUT2D eigenvalue weighted by Gasteiger charge is -2.08. The first-order valence-electron chi connectivity index (χ1n) is 6.77. The summed E-state index contributed by atoms with van der Waals surface area (Å²) in [5.41, 5.74) is 1.60. The molecule has 0 atom stereocenters. The number of hydrogen-bond acceptors (Lipinski definition) is 5. The van der Waals surface area contributed by atoms with Gasteiger partial charge in [-0.3, -0.25) is 19.7 Å². The second kappa shape index (κ2) is 5.45. The van der Waals surface area contributed by atoms with E-state index in [9.17, 15) is 19.7 Å². The summed E-state index contributed by atoms with van der Waals surface area (Å²) < 4.78 is 0. The quantitative estimate of drug-likeness (QED) is 0.377. The van der Waals surface area contributed by atoms with Gasteiger partial charge in [0, 0.05) is 12.1 Å². The van der Waals surface area contributed by atoms with Crippen molar-refractivity contribution < 1.29 is 14.5 Å². The van der Waals surface area contributed by atoms with Gasteiger partial charge in [0.25, 0.3) is 17.5 Å². The first-order chi connectivity index (χ1) is 11.0. The van der Waals surface area contributed by atoms with Crippen molar-refractivity contribution in [2.24, 2.45) is 5.10 Å². The summed E-state index contributed by atoms with van der Waals surface area (Å²) in [6, 6.07) is 12.2. The van der Waals surface area contributed by atoms with Crippen LogP contribution in [0, 0.1) is 10.1 Å². The second-order valence-corrected chi connectivity index (χ2v) is 4.96. The zero-order valence-electron chi connectivity index (χ0n) is 12.1. The van der Waals surface area contributed by atoms with Crippen LogP contribution in [0.1, 0.15) is 33.2 Å². The highest BCUT2D eigenvalue weighted by molar-refractivity contribution is 6.21. The number of nitro benzene ring substituents is 1. The Kier molecular flexibility index (Phi) is 3.46. The summed E-state index contributed by atoms with van der Waals surface area (Å²) in [7, 11) is 0. The minimum absolute atomic E-state index is 0.0396. The Balaban J connectivity index is 1.91. The van der Waals surface area contributed by atoms with E-state index in [-0.39, 0.29) is 5.69 Å². The Morgan fingerprint density at radius 1 is 1.00 bits per heavy atom. The van der Waals surface area contributed by atoms with Crippen LogP contribution in [0.15, 0.2) is 53.6 Å². The average Bonchev–Trinajstić information content (AvgIpc) is 2.80. The fourth-order valence-electron chi connectivity index (χ4n) is 2.30. The summed E-state index contributed by atoms with van der Waals surface area (Å²) in [5, 5.41) is 15.5. The molecule has 0 radical (unpaired) electrons. The van der Waals surface area contributed by atoms with Crippen LogP contribution in [0.4, 0.5) is 5.69 Å². The number of carbonyl (C=O) groups is 2. The molecule has 1 aliphatic rings. The van der Waals surface area contributed by atoms with E-state index in [1.54, 1.807) is 31.2 Å². The van der Waals surface area contributed by atoms with Crippen LogP contribution < -0.4 is 0 Å². The molecule has 2 amide bonds. The zero-order chi connectivity index (χ0) is 16.6. The van der Waals surface area contributed by atoms with Gasteiger partial charge >= 0.3 is 0 Å². The topological polar surface area (TPSA) is 92.9 Å². The van der Waals surface area contributed by atoms with Gasteiger partial charge in [0.15, 0.2) is 0 Å². The first kappa shape index (κ1) is 14.6. The van der Waals surface area contributed by atoms with Gasteiger partial charge in [-0.05, 0) is 36.8 Å². The molecule has 2 aromatic rings. The molecule has 7 heteroatoms. The van der Waals surface area contributed by atoms with Gasteiger partial charge in [-0.1, -0.05) is 12.1 Å². The normalized spacial score (nSPS) is 14.1. The van der Waals surface area contributed by atoms with Crippen molar-refractivity contribution in [3.63, 3.8) is 0 Å². The lowest BCUT2D eigenvalue weighted by atomic mass is 10.1. The van der Waals surface area contributed by atoms with E-state index in [2.05, 4.69) is 5.10 Å². The zero-order valence-corrected chi connectivity index (χ0v) is 12.1. The molecule has 0 unspecified atom stereocenters.